The summed E-state index contributed by atoms with van der Waals surface area (Å²) in [6.07, 6.45) is 1.87. The van der Waals surface area contributed by atoms with Crippen molar-refractivity contribution in [3.8, 4) is 0 Å². The minimum Gasteiger partial charge on any atom is -0.200 e. The van der Waals surface area contributed by atoms with Crippen molar-refractivity contribution in [1.29, 1.82) is 0 Å². The standard InChI is InChI=1S/C6H7N4P/c1-4-2-5(11)3-10-6(4)7-8-9-10/h2-3H,11H2,1H3. The van der Waals surface area contributed by atoms with Crippen molar-refractivity contribution < 1.29 is 0 Å². The fourth-order valence-corrected chi connectivity index (χ4v) is 1.42. The Labute approximate surface area is 65.8 Å². The molecule has 4 nitrogen and oxygen atoms in total. The zero-order chi connectivity index (χ0) is 7.84. The van der Waals surface area contributed by atoms with Crippen LogP contribution < -0.4 is 5.30 Å². The van der Waals surface area contributed by atoms with E-state index in [-0.39, 0.29) is 0 Å². The molecule has 2 aromatic rings. The summed E-state index contributed by atoms with van der Waals surface area (Å²) < 4.78 is 1.66. The van der Waals surface area contributed by atoms with Crippen LogP contribution in [0.15, 0.2) is 12.3 Å². The maximum Gasteiger partial charge on any atom is 0.182 e. The predicted octanol–water partition coefficient (Wildman–Crippen LogP) is -0.0669. The second-order valence-electron chi connectivity index (χ2n) is 2.40. The highest BCUT2D eigenvalue weighted by Gasteiger charge is 1.99. The van der Waals surface area contributed by atoms with Gasteiger partial charge in [-0.25, -0.2) is 0 Å². The fourth-order valence-electron chi connectivity index (χ4n) is 1.03. The topological polar surface area (TPSA) is 43.1 Å². The normalized spacial score (nSPS) is 10.7. The Morgan fingerprint density at radius 2 is 2.36 bits per heavy atom. The first kappa shape index (κ1) is 6.68. The van der Waals surface area contributed by atoms with Crippen molar-refractivity contribution in [3.63, 3.8) is 0 Å². The summed E-state index contributed by atoms with van der Waals surface area (Å²) in [5, 5.41) is 12.3. The van der Waals surface area contributed by atoms with Crippen LogP contribution in [0.3, 0.4) is 0 Å². The van der Waals surface area contributed by atoms with Crippen LogP contribution in [0, 0.1) is 6.92 Å². The number of rotatable bonds is 0. The third-order valence-corrected chi connectivity index (χ3v) is 1.82. The van der Waals surface area contributed by atoms with E-state index in [1.165, 1.54) is 0 Å². The summed E-state index contributed by atoms with van der Waals surface area (Å²) in [6.45, 7) is 1.99. The second kappa shape index (κ2) is 2.24. The molecule has 0 saturated carbocycles. The summed E-state index contributed by atoms with van der Waals surface area (Å²) in [7, 11) is 2.61. The van der Waals surface area contributed by atoms with Gasteiger partial charge in [-0.3, -0.25) is 0 Å². The average molecular weight is 166 g/mol. The van der Waals surface area contributed by atoms with Crippen LogP contribution in [0.1, 0.15) is 5.56 Å². The third-order valence-electron chi connectivity index (χ3n) is 1.50. The first-order valence-corrected chi connectivity index (χ1v) is 3.79. The monoisotopic (exact) mass is 166 g/mol. The fraction of sp³-hybridized carbons (Fsp3) is 0.167. The van der Waals surface area contributed by atoms with Crippen LogP contribution in [-0.4, -0.2) is 20.0 Å². The molecule has 0 bridgehead atoms. The summed E-state index contributed by atoms with van der Waals surface area (Å²) in [5.41, 5.74) is 1.90. The van der Waals surface area contributed by atoms with Crippen LogP contribution in [0.25, 0.3) is 5.65 Å². The van der Waals surface area contributed by atoms with Crippen molar-refractivity contribution in [2.75, 3.05) is 0 Å². The number of aromatic nitrogens is 4. The van der Waals surface area contributed by atoms with Crippen LogP contribution >= 0.6 is 9.24 Å². The van der Waals surface area contributed by atoms with E-state index in [0.717, 1.165) is 16.5 Å². The van der Waals surface area contributed by atoms with Crippen LogP contribution in [0.2, 0.25) is 0 Å². The molecule has 5 heteroatoms. The largest absolute Gasteiger partial charge is 0.200 e. The molecule has 0 saturated heterocycles. The highest BCUT2D eigenvalue weighted by Crippen LogP contribution is 2.03. The summed E-state index contributed by atoms with van der Waals surface area (Å²) in [4.78, 5) is 0. The molecule has 1 atom stereocenters. The van der Waals surface area contributed by atoms with Gasteiger partial charge in [-0.2, -0.15) is 4.52 Å². The minimum atomic E-state index is 0.816. The van der Waals surface area contributed by atoms with Gasteiger partial charge in [0, 0.05) is 6.20 Å². The molecular formula is C6H7N4P. The Morgan fingerprint density at radius 1 is 1.55 bits per heavy atom. The van der Waals surface area contributed by atoms with Gasteiger partial charge in [0.15, 0.2) is 5.65 Å². The molecule has 0 aliphatic rings. The first-order valence-electron chi connectivity index (χ1n) is 3.21. The van der Waals surface area contributed by atoms with Crippen molar-refractivity contribution in [1.82, 2.24) is 20.0 Å². The predicted molar refractivity (Wildman–Crippen MR) is 44.9 cm³/mol. The lowest BCUT2D eigenvalue weighted by molar-refractivity contribution is 0.825. The van der Waals surface area contributed by atoms with E-state index >= 15 is 0 Å². The van der Waals surface area contributed by atoms with E-state index < -0.39 is 0 Å². The number of hydrogen-bond acceptors (Lipinski definition) is 3. The van der Waals surface area contributed by atoms with Crippen molar-refractivity contribution in [2.24, 2.45) is 0 Å². The van der Waals surface area contributed by atoms with Gasteiger partial charge in [0.2, 0.25) is 0 Å². The Morgan fingerprint density at radius 3 is 3.18 bits per heavy atom. The molecule has 1 unspecified atom stereocenters. The number of hydrogen-bond donors (Lipinski definition) is 0. The first-order chi connectivity index (χ1) is 5.27. The number of pyridine rings is 1. The molecule has 0 aliphatic carbocycles. The molecule has 56 valence electrons. The molecular weight excluding hydrogens is 159 g/mol. The van der Waals surface area contributed by atoms with Crippen molar-refractivity contribution in [2.45, 2.75) is 6.92 Å². The smallest absolute Gasteiger partial charge is 0.182 e. The van der Waals surface area contributed by atoms with Crippen LogP contribution in [0.5, 0.6) is 0 Å². The number of fused-ring (bicyclic) bond motifs is 1. The Bertz CT molecular complexity index is 394. The Kier molecular flexibility index (Phi) is 1.36. The van der Waals surface area contributed by atoms with Crippen molar-refractivity contribution >= 4 is 20.2 Å². The molecule has 2 aromatic heterocycles. The van der Waals surface area contributed by atoms with Crippen molar-refractivity contribution in [3.05, 3.63) is 17.8 Å². The second-order valence-corrected chi connectivity index (χ2v) is 3.07. The van der Waals surface area contributed by atoms with Gasteiger partial charge in [0.1, 0.15) is 0 Å². The maximum absolute atomic E-state index is 3.85. The van der Waals surface area contributed by atoms with Gasteiger partial charge >= 0.3 is 0 Å². The molecule has 0 N–H and O–H groups in total. The number of aryl methyl sites for hydroxylation is 1. The van der Waals surface area contributed by atoms with Gasteiger partial charge in [0.05, 0.1) is 0 Å². The quantitative estimate of drug-likeness (QED) is 0.514. The van der Waals surface area contributed by atoms with E-state index in [0.29, 0.717) is 0 Å². The van der Waals surface area contributed by atoms with Crippen LogP contribution in [-0.2, 0) is 0 Å². The lowest BCUT2D eigenvalue weighted by Crippen LogP contribution is -1.99. The van der Waals surface area contributed by atoms with Gasteiger partial charge in [-0.05, 0) is 34.3 Å². The van der Waals surface area contributed by atoms with E-state index in [2.05, 4.69) is 24.8 Å². The van der Waals surface area contributed by atoms with Gasteiger partial charge < -0.3 is 0 Å². The molecule has 2 rings (SSSR count). The molecule has 0 fully saturated rings. The molecule has 0 amide bonds. The highest BCUT2D eigenvalue weighted by atomic mass is 31.0. The van der Waals surface area contributed by atoms with E-state index in [9.17, 15) is 0 Å². The SMILES string of the molecule is Cc1cc(P)cn2nnnc12. The summed E-state index contributed by atoms with van der Waals surface area (Å²) in [5.74, 6) is 0. The minimum absolute atomic E-state index is 0.816. The Balaban J connectivity index is 2.91. The zero-order valence-electron chi connectivity index (χ0n) is 6.02. The van der Waals surface area contributed by atoms with Gasteiger partial charge in [-0.1, -0.05) is 0 Å². The molecule has 0 spiro atoms. The Hall–Kier alpha value is -1.02. The van der Waals surface area contributed by atoms with Gasteiger partial charge in [-0.15, -0.1) is 14.3 Å². The molecule has 2 heterocycles. The highest BCUT2D eigenvalue weighted by molar-refractivity contribution is 7.27. The van der Waals surface area contributed by atoms with E-state index in [4.69, 9.17) is 0 Å². The molecule has 11 heavy (non-hydrogen) atoms. The van der Waals surface area contributed by atoms with E-state index in [1.807, 2.05) is 19.2 Å². The lowest BCUT2D eigenvalue weighted by Gasteiger charge is -1.95. The maximum atomic E-state index is 3.85. The van der Waals surface area contributed by atoms with Crippen LogP contribution in [0.4, 0.5) is 0 Å². The van der Waals surface area contributed by atoms with E-state index in [1.54, 1.807) is 4.52 Å². The number of tetrazole rings is 1. The average Bonchev–Trinajstić information content (AvgIpc) is 2.34. The lowest BCUT2D eigenvalue weighted by atomic mass is 10.3. The molecule has 0 aromatic carbocycles. The third kappa shape index (κ3) is 0.994. The zero-order valence-corrected chi connectivity index (χ0v) is 7.18. The summed E-state index contributed by atoms with van der Waals surface area (Å²) in [6, 6.07) is 2.02. The molecule has 0 radical (unpaired) electrons. The summed E-state index contributed by atoms with van der Waals surface area (Å²) >= 11 is 0. The van der Waals surface area contributed by atoms with Gasteiger partial charge in [0.25, 0.3) is 0 Å². The molecule has 0 aliphatic heterocycles. The number of nitrogens with zero attached hydrogens (tertiary/aromatic N) is 4.